The number of hydrogen-bond acceptors (Lipinski definition) is 3. The van der Waals surface area contributed by atoms with Crippen LogP contribution >= 0.6 is 0 Å². The predicted molar refractivity (Wildman–Crippen MR) is 88.3 cm³/mol. The average Bonchev–Trinajstić information content (AvgIpc) is 2.35. The Bertz CT molecular complexity index is 413. The van der Waals surface area contributed by atoms with Crippen LogP contribution in [0, 0.1) is 12.8 Å². The van der Waals surface area contributed by atoms with Crippen LogP contribution in [0.15, 0.2) is 12.3 Å². The summed E-state index contributed by atoms with van der Waals surface area (Å²) in [6.07, 6.45) is 3.22. The Morgan fingerprint density at radius 3 is 2.40 bits per heavy atom. The molecule has 1 heterocycles. The highest BCUT2D eigenvalue weighted by molar-refractivity contribution is 5.53. The van der Waals surface area contributed by atoms with Gasteiger partial charge in [0.2, 0.25) is 0 Å². The molecule has 1 rings (SSSR count). The molecule has 114 valence electrons. The number of rotatable bonds is 7. The minimum Gasteiger partial charge on any atom is -0.372 e. The molecule has 0 amide bonds. The van der Waals surface area contributed by atoms with Crippen LogP contribution in [0.4, 0.5) is 5.69 Å². The van der Waals surface area contributed by atoms with E-state index in [4.69, 9.17) is 0 Å². The fourth-order valence-electron chi connectivity index (χ4n) is 2.43. The maximum Gasteiger partial charge on any atom is 0.0445 e. The molecule has 0 aliphatic carbocycles. The van der Waals surface area contributed by atoms with Crippen molar-refractivity contribution >= 4 is 5.69 Å². The van der Waals surface area contributed by atoms with E-state index in [-0.39, 0.29) is 0 Å². The second-order valence-electron chi connectivity index (χ2n) is 6.58. The molecule has 1 N–H and O–H groups in total. The maximum absolute atomic E-state index is 4.45. The van der Waals surface area contributed by atoms with E-state index in [1.807, 2.05) is 6.20 Å². The van der Waals surface area contributed by atoms with Crippen LogP contribution in [-0.2, 0) is 6.54 Å². The molecule has 0 fully saturated rings. The molecule has 1 aromatic heterocycles. The molecule has 0 aromatic carbocycles. The summed E-state index contributed by atoms with van der Waals surface area (Å²) >= 11 is 0. The highest BCUT2D eigenvalue weighted by Crippen LogP contribution is 2.24. The summed E-state index contributed by atoms with van der Waals surface area (Å²) in [4.78, 5) is 6.85. The Kier molecular flexibility index (Phi) is 6.47. The standard InChI is InChI=1S/C17H31N3/c1-12(2)8-15(6)20(7)17-9-14(5)19-11-16(17)10-18-13(3)4/h9,11-13,15,18H,8,10H2,1-7H3. The molecule has 3 nitrogen and oxygen atoms in total. The molecular weight excluding hydrogens is 246 g/mol. The van der Waals surface area contributed by atoms with Gasteiger partial charge in [0, 0.05) is 48.8 Å². The third-order valence-electron chi connectivity index (χ3n) is 3.65. The number of nitrogens with zero attached hydrogens (tertiary/aromatic N) is 2. The fourth-order valence-corrected chi connectivity index (χ4v) is 2.43. The third kappa shape index (κ3) is 5.12. The average molecular weight is 277 g/mol. The van der Waals surface area contributed by atoms with Crippen molar-refractivity contribution in [1.29, 1.82) is 0 Å². The van der Waals surface area contributed by atoms with E-state index in [9.17, 15) is 0 Å². The first-order valence-electron chi connectivity index (χ1n) is 7.73. The predicted octanol–water partition coefficient (Wildman–Crippen LogP) is 3.76. The second kappa shape index (κ2) is 7.63. The Balaban J connectivity index is 2.92. The molecule has 0 aliphatic heterocycles. The van der Waals surface area contributed by atoms with E-state index in [0.29, 0.717) is 18.0 Å². The Labute approximate surface area is 124 Å². The van der Waals surface area contributed by atoms with Gasteiger partial charge in [0.15, 0.2) is 0 Å². The molecule has 0 spiro atoms. The minimum absolute atomic E-state index is 0.488. The van der Waals surface area contributed by atoms with Crippen LogP contribution in [0.25, 0.3) is 0 Å². The van der Waals surface area contributed by atoms with Gasteiger partial charge in [-0.1, -0.05) is 27.7 Å². The molecule has 3 heteroatoms. The molecule has 20 heavy (non-hydrogen) atoms. The molecule has 0 saturated carbocycles. The zero-order chi connectivity index (χ0) is 15.3. The van der Waals surface area contributed by atoms with E-state index in [1.165, 1.54) is 17.7 Å². The number of aryl methyl sites for hydroxylation is 1. The lowest BCUT2D eigenvalue weighted by Gasteiger charge is -2.30. The van der Waals surface area contributed by atoms with Crippen LogP contribution in [0.2, 0.25) is 0 Å². The zero-order valence-electron chi connectivity index (χ0n) is 14.2. The van der Waals surface area contributed by atoms with Crippen molar-refractivity contribution < 1.29 is 0 Å². The summed E-state index contributed by atoms with van der Waals surface area (Å²) in [6, 6.07) is 3.23. The Morgan fingerprint density at radius 1 is 1.20 bits per heavy atom. The largest absolute Gasteiger partial charge is 0.372 e. The number of pyridine rings is 1. The van der Waals surface area contributed by atoms with Gasteiger partial charge in [0.1, 0.15) is 0 Å². The van der Waals surface area contributed by atoms with Crippen molar-refractivity contribution in [2.45, 2.75) is 66.6 Å². The molecule has 1 atom stereocenters. The molecule has 0 bridgehead atoms. The quantitative estimate of drug-likeness (QED) is 0.822. The van der Waals surface area contributed by atoms with Crippen molar-refractivity contribution in [2.24, 2.45) is 5.92 Å². The van der Waals surface area contributed by atoms with Gasteiger partial charge < -0.3 is 10.2 Å². The first kappa shape index (κ1) is 17.0. The second-order valence-corrected chi connectivity index (χ2v) is 6.58. The monoisotopic (exact) mass is 277 g/mol. The van der Waals surface area contributed by atoms with E-state index in [0.717, 1.165) is 12.2 Å². The lowest BCUT2D eigenvalue weighted by molar-refractivity contribution is 0.502. The van der Waals surface area contributed by atoms with Crippen molar-refractivity contribution in [3.63, 3.8) is 0 Å². The van der Waals surface area contributed by atoms with E-state index < -0.39 is 0 Å². The molecular formula is C17H31N3. The van der Waals surface area contributed by atoms with Crippen molar-refractivity contribution in [3.05, 3.63) is 23.5 Å². The lowest BCUT2D eigenvalue weighted by atomic mass is 10.0. The van der Waals surface area contributed by atoms with Gasteiger partial charge in [-0.2, -0.15) is 0 Å². The summed E-state index contributed by atoms with van der Waals surface area (Å²) < 4.78 is 0. The van der Waals surface area contributed by atoms with Gasteiger partial charge in [-0.05, 0) is 32.3 Å². The summed E-state index contributed by atoms with van der Waals surface area (Å²) in [5, 5.41) is 3.49. The first-order chi connectivity index (χ1) is 9.31. The Hall–Kier alpha value is -1.09. The van der Waals surface area contributed by atoms with Crippen LogP contribution < -0.4 is 10.2 Å². The third-order valence-corrected chi connectivity index (χ3v) is 3.65. The van der Waals surface area contributed by atoms with Gasteiger partial charge in [-0.3, -0.25) is 4.98 Å². The normalized spacial score (nSPS) is 13.1. The highest BCUT2D eigenvalue weighted by atomic mass is 15.1. The molecule has 1 aromatic rings. The van der Waals surface area contributed by atoms with Crippen LogP contribution in [0.1, 0.15) is 52.3 Å². The summed E-state index contributed by atoms with van der Waals surface area (Å²) in [7, 11) is 2.20. The van der Waals surface area contributed by atoms with Crippen LogP contribution in [0.3, 0.4) is 0 Å². The SMILES string of the molecule is Cc1cc(N(C)C(C)CC(C)C)c(CNC(C)C)cn1. The summed E-state index contributed by atoms with van der Waals surface area (Å²) in [5.74, 6) is 0.715. The molecule has 1 unspecified atom stereocenters. The van der Waals surface area contributed by atoms with E-state index in [1.54, 1.807) is 0 Å². The highest BCUT2D eigenvalue weighted by Gasteiger charge is 2.15. The number of anilines is 1. The number of nitrogens with one attached hydrogen (secondary N) is 1. The zero-order valence-corrected chi connectivity index (χ0v) is 14.2. The number of aromatic nitrogens is 1. The van der Waals surface area contributed by atoms with Crippen LogP contribution in [0.5, 0.6) is 0 Å². The van der Waals surface area contributed by atoms with Gasteiger partial charge in [0.05, 0.1) is 0 Å². The van der Waals surface area contributed by atoms with Crippen molar-refractivity contribution in [3.8, 4) is 0 Å². The van der Waals surface area contributed by atoms with Crippen molar-refractivity contribution in [2.75, 3.05) is 11.9 Å². The van der Waals surface area contributed by atoms with Gasteiger partial charge in [-0.15, -0.1) is 0 Å². The summed E-state index contributed by atoms with van der Waals surface area (Å²) in [6.45, 7) is 14.1. The lowest BCUT2D eigenvalue weighted by Crippen LogP contribution is -2.32. The first-order valence-corrected chi connectivity index (χ1v) is 7.73. The maximum atomic E-state index is 4.45. The minimum atomic E-state index is 0.488. The van der Waals surface area contributed by atoms with Gasteiger partial charge in [0.25, 0.3) is 0 Å². The number of hydrogen-bond donors (Lipinski definition) is 1. The molecule has 0 saturated heterocycles. The van der Waals surface area contributed by atoms with Crippen LogP contribution in [-0.4, -0.2) is 24.1 Å². The summed E-state index contributed by atoms with van der Waals surface area (Å²) in [5.41, 5.74) is 3.66. The van der Waals surface area contributed by atoms with Crippen molar-refractivity contribution in [1.82, 2.24) is 10.3 Å². The molecule has 0 radical (unpaired) electrons. The topological polar surface area (TPSA) is 28.2 Å². The van der Waals surface area contributed by atoms with Gasteiger partial charge >= 0.3 is 0 Å². The Morgan fingerprint density at radius 2 is 1.85 bits per heavy atom. The fraction of sp³-hybridized carbons (Fsp3) is 0.706. The van der Waals surface area contributed by atoms with Gasteiger partial charge in [-0.25, -0.2) is 0 Å². The van der Waals surface area contributed by atoms with E-state index >= 15 is 0 Å². The molecule has 0 aliphatic rings. The van der Waals surface area contributed by atoms with E-state index in [2.05, 4.69) is 69.9 Å². The smallest absolute Gasteiger partial charge is 0.0445 e.